The summed E-state index contributed by atoms with van der Waals surface area (Å²) in [5.41, 5.74) is 4.54. The van der Waals surface area contributed by atoms with Crippen LogP contribution in [-0.4, -0.2) is 55.0 Å². The normalized spacial score (nSPS) is 19.9. The van der Waals surface area contributed by atoms with E-state index in [4.69, 9.17) is 14.6 Å². The van der Waals surface area contributed by atoms with E-state index in [2.05, 4.69) is 22.8 Å². The van der Waals surface area contributed by atoms with E-state index < -0.39 is 30.1 Å². The SMILES string of the molecule is CC[C@@H](CC(=O)O)NC(=O)C1COCC1NC(=O)OCC1c2ccccc2-c2ccccc21. The number of amides is 2. The first-order valence-electron chi connectivity index (χ1n) is 11.2. The highest BCUT2D eigenvalue weighted by Gasteiger charge is 2.37. The Morgan fingerprint density at radius 2 is 1.70 bits per heavy atom. The average molecular weight is 453 g/mol. The van der Waals surface area contributed by atoms with Gasteiger partial charge in [-0.15, -0.1) is 0 Å². The molecule has 4 rings (SSSR count). The third-order valence-electron chi connectivity index (χ3n) is 6.32. The summed E-state index contributed by atoms with van der Waals surface area (Å²) in [4.78, 5) is 36.2. The van der Waals surface area contributed by atoms with E-state index in [1.807, 2.05) is 43.3 Å². The van der Waals surface area contributed by atoms with Crippen LogP contribution in [0.25, 0.3) is 11.1 Å². The number of nitrogens with one attached hydrogen (secondary N) is 2. The smallest absolute Gasteiger partial charge is 0.407 e. The molecule has 8 heteroatoms. The molecule has 0 radical (unpaired) electrons. The minimum atomic E-state index is -0.974. The summed E-state index contributed by atoms with van der Waals surface area (Å²) >= 11 is 0. The summed E-state index contributed by atoms with van der Waals surface area (Å²) in [5, 5.41) is 14.5. The second-order valence-electron chi connectivity index (χ2n) is 8.43. The maximum absolute atomic E-state index is 12.7. The molecule has 2 aliphatic rings. The van der Waals surface area contributed by atoms with Crippen molar-refractivity contribution in [1.82, 2.24) is 10.6 Å². The maximum Gasteiger partial charge on any atom is 0.407 e. The number of alkyl carbamates (subject to hydrolysis) is 1. The van der Waals surface area contributed by atoms with Crippen LogP contribution in [0.1, 0.15) is 36.8 Å². The van der Waals surface area contributed by atoms with E-state index in [1.54, 1.807) is 0 Å². The Kier molecular flexibility index (Phi) is 6.93. The van der Waals surface area contributed by atoms with Crippen molar-refractivity contribution in [3.05, 3.63) is 59.7 Å². The lowest BCUT2D eigenvalue weighted by Crippen LogP contribution is -2.48. The standard InChI is InChI=1S/C25H28N2O6/c1-2-15(11-23(28)29)26-24(30)21-12-32-14-22(21)27-25(31)33-13-20-18-9-5-3-7-16(18)17-8-4-6-10-19(17)20/h3-10,15,20-22H,2,11-14H2,1H3,(H,26,30)(H,27,31)(H,28,29)/t15-,21?,22?/m0/s1. The Hall–Kier alpha value is -3.39. The molecular formula is C25H28N2O6. The van der Waals surface area contributed by atoms with Crippen LogP contribution in [0.15, 0.2) is 48.5 Å². The molecule has 0 aromatic heterocycles. The van der Waals surface area contributed by atoms with Gasteiger partial charge in [0.15, 0.2) is 0 Å². The predicted molar refractivity (Wildman–Crippen MR) is 121 cm³/mol. The van der Waals surface area contributed by atoms with E-state index in [9.17, 15) is 14.4 Å². The number of carbonyl (C=O) groups excluding carboxylic acids is 2. The molecule has 8 nitrogen and oxygen atoms in total. The van der Waals surface area contributed by atoms with E-state index in [0.717, 1.165) is 22.3 Å². The van der Waals surface area contributed by atoms with Crippen LogP contribution in [-0.2, 0) is 19.1 Å². The molecule has 33 heavy (non-hydrogen) atoms. The van der Waals surface area contributed by atoms with Crippen LogP contribution in [0.3, 0.4) is 0 Å². The predicted octanol–water partition coefficient (Wildman–Crippen LogP) is 2.91. The third kappa shape index (κ3) is 5.01. The number of hydrogen-bond donors (Lipinski definition) is 3. The lowest BCUT2D eigenvalue weighted by Gasteiger charge is -2.22. The van der Waals surface area contributed by atoms with Crippen molar-refractivity contribution in [2.24, 2.45) is 5.92 Å². The molecule has 1 saturated heterocycles. The number of ether oxygens (including phenoxy) is 2. The van der Waals surface area contributed by atoms with Gasteiger partial charge >= 0.3 is 12.1 Å². The number of fused-ring (bicyclic) bond motifs is 3. The molecule has 3 atom stereocenters. The van der Waals surface area contributed by atoms with Gasteiger partial charge in [0.05, 0.1) is 31.6 Å². The fraction of sp³-hybridized carbons (Fsp3) is 0.400. The van der Waals surface area contributed by atoms with Crippen molar-refractivity contribution in [2.75, 3.05) is 19.8 Å². The third-order valence-corrected chi connectivity index (χ3v) is 6.32. The molecule has 2 aromatic rings. The van der Waals surface area contributed by atoms with Crippen molar-refractivity contribution in [3.8, 4) is 11.1 Å². The Morgan fingerprint density at radius 1 is 1.06 bits per heavy atom. The van der Waals surface area contributed by atoms with Gasteiger partial charge in [-0.3, -0.25) is 9.59 Å². The topological polar surface area (TPSA) is 114 Å². The summed E-state index contributed by atoms with van der Waals surface area (Å²) < 4.78 is 11.0. The van der Waals surface area contributed by atoms with Gasteiger partial charge in [-0.05, 0) is 28.7 Å². The Bertz CT molecular complexity index is 994. The molecule has 1 fully saturated rings. The van der Waals surface area contributed by atoms with Gasteiger partial charge in [0.2, 0.25) is 5.91 Å². The van der Waals surface area contributed by atoms with Crippen LogP contribution >= 0.6 is 0 Å². The van der Waals surface area contributed by atoms with Crippen LogP contribution in [0, 0.1) is 5.92 Å². The molecule has 1 aliphatic heterocycles. The highest BCUT2D eigenvalue weighted by molar-refractivity contribution is 5.82. The zero-order valence-electron chi connectivity index (χ0n) is 18.5. The number of carboxylic acids is 1. The van der Waals surface area contributed by atoms with Crippen molar-refractivity contribution in [1.29, 1.82) is 0 Å². The van der Waals surface area contributed by atoms with Crippen LogP contribution in [0.4, 0.5) is 4.79 Å². The molecule has 1 heterocycles. The minimum Gasteiger partial charge on any atom is -0.481 e. The summed E-state index contributed by atoms with van der Waals surface area (Å²) in [5.74, 6) is -1.96. The van der Waals surface area contributed by atoms with Gasteiger partial charge < -0.3 is 25.2 Å². The van der Waals surface area contributed by atoms with Crippen molar-refractivity contribution in [3.63, 3.8) is 0 Å². The molecule has 1 aliphatic carbocycles. The highest BCUT2D eigenvalue weighted by Crippen LogP contribution is 2.44. The number of hydrogen-bond acceptors (Lipinski definition) is 5. The van der Waals surface area contributed by atoms with Gasteiger partial charge in [0.1, 0.15) is 6.61 Å². The number of carbonyl (C=O) groups is 3. The number of carboxylic acid groups (broad SMARTS) is 1. The van der Waals surface area contributed by atoms with Crippen molar-refractivity contribution in [2.45, 2.75) is 37.8 Å². The minimum absolute atomic E-state index is 0.0524. The largest absolute Gasteiger partial charge is 0.481 e. The first-order valence-corrected chi connectivity index (χ1v) is 11.2. The van der Waals surface area contributed by atoms with Gasteiger partial charge in [-0.1, -0.05) is 55.5 Å². The molecule has 0 saturated carbocycles. The molecular weight excluding hydrogens is 424 g/mol. The molecule has 0 bridgehead atoms. The second kappa shape index (κ2) is 10.0. The van der Waals surface area contributed by atoms with Crippen molar-refractivity contribution >= 4 is 18.0 Å². The Balaban J connectivity index is 1.35. The lowest BCUT2D eigenvalue weighted by atomic mass is 9.98. The fourth-order valence-corrected chi connectivity index (χ4v) is 4.56. The highest BCUT2D eigenvalue weighted by atomic mass is 16.5. The van der Waals surface area contributed by atoms with Crippen molar-refractivity contribution < 1.29 is 29.0 Å². The van der Waals surface area contributed by atoms with E-state index in [0.29, 0.717) is 6.42 Å². The molecule has 2 aromatic carbocycles. The lowest BCUT2D eigenvalue weighted by molar-refractivity contribution is -0.137. The second-order valence-corrected chi connectivity index (χ2v) is 8.43. The van der Waals surface area contributed by atoms with Crippen LogP contribution < -0.4 is 10.6 Å². The summed E-state index contributed by atoms with van der Waals surface area (Å²) in [7, 11) is 0. The maximum atomic E-state index is 12.7. The van der Waals surface area contributed by atoms with Crippen LogP contribution in [0.5, 0.6) is 0 Å². The molecule has 174 valence electrons. The van der Waals surface area contributed by atoms with Gasteiger partial charge in [0, 0.05) is 12.0 Å². The first-order chi connectivity index (χ1) is 16.0. The summed E-state index contributed by atoms with van der Waals surface area (Å²) in [6.07, 6.45) is -0.265. The number of rotatable bonds is 8. The van der Waals surface area contributed by atoms with E-state index in [1.165, 1.54) is 0 Å². The quantitative estimate of drug-likeness (QED) is 0.568. The fourth-order valence-electron chi connectivity index (χ4n) is 4.56. The average Bonchev–Trinajstić information content (AvgIpc) is 3.39. The molecule has 3 N–H and O–H groups in total. The van der Waals surface area contributed by atoms with E-state index in [-0.39, 0.29) is 38.1 Å². The summed E-state index contributed by atoms with van der Waals surface area (Å²) in [6.45, 7) is 2.34. The summed E-state index contributed by atoms with van der Waals surface area (Å²) in [6, 6.07) is 15.2. The van der Waals surface area contributed by atoms with Gasteiger partial charge in [-0.25, -0.2) is 4.79 Å². The van der Waals surface area contributed by atoms with Gasteiger partial charge in [-0.2, -0.15) is 0 Å². The molecule has 0 spiro atoms. The Labute approximate surface area is 192 Å². The molecule has 2 unspecified atom stereocenters. The number of benzene rings is 2. The number of aliphatic carboxylic acids is 1. The zero-order valence-corrected chi connectivity index (χ0v) is 18.5. The first kappa shape index (κ1) is 22.8. The monoisotopic (exact) mass is 452 g/mol. The Morgan fingerprint density at radius 3 is 2.30 bits per heavy atom. The zero-order chi connectivity index (χ0) is 23.4. The molecule has 2 amide bonds. The van der Waals surface area contributed by atoms with Gasteiger partial charge in [0.25, 0.3) is 0 Å². The van der Waals surface area contributed by atoms with E-state index >= 15 is 0 Å². The van der Waals surface area contributed by atoms with Crippen LogP contribution in [0.2, 0.25) is 0 Å².